The van der Waals surface area contributed by atoms with Gasteiger partial charge < -0.3 is 19.8 Å². The van der Waals surface area contributed by atoms with Crippen molar-refractivity contribution in [2.24, 2.45) is 0 Å². The molecule has 1 aliphatic heterocycles. The van der Waals surface area contributed by atoms with Gasteiger partial charge in [0.25, 0.3) is 0 Å². The van der Waals surface area contributed by atoms with Crippen LogP contribution in [0.5, 0.6) is 0 Å². The number of aldehydes is 1. The van der Waals surface area contributed by atoms with Crippen LogP contribution in [-0.2, 0) is 22.4 Å². The SMILES string of the molecule is CC(=O)c1[nH]c(C)cc1CCCN1CCOCC1.CI.Cc1[nH]c(C=O)c(C)c1CCC(=O)O. The number of halogens is 1. The maximum Gasteiger partial charge on any atom is 0.303 e. The number of rotatable bonds is 9. The fourth-order valence-corrected chi connectivity index (χ4v) is 4.02. The smallest absolute Gasteiger partial charge is 0.303 e. The maximum absolute atomic E-state index is 11.5. The zero-order valence-electron chi connectivity index (χ0n) is 20.9. The van der Waals surface area contributed by atoms with Crippen LogP contribution in [0.15, 0.2) is 6.07 Å². The fraction of sp³-hybridized carbons (Fsp3) is 0.560. The molecular weight excluding hydrogens is 549 g/mol. The maximum atomic E-state index is 11.5. The lowest BCUT2D eigenvalue weighted by Crippen LogP contribution is -2.36. The molecular formula is C25H38IN3O5. The van der Waals surface area contributed by atoms with Crippen LogP contribution in [0, 0.1) is 20.8 Å². The molecule has 8 nitrogen and oxygen atoms in total. The monoisotopic (exact) mass is 587 g/mol. The molecule has 0 spiro atoms. The van der Waals surface area contributed by atoms with Crippen LogP contribution < -0.4 is 0 Å². The third-order valence-corrected chi connectivity index (χ3v) is 5.75. The Labute approximate surface area is 216 Å². The standard InChI is InChI=1S/C14H22N2O2.C10H13NO3.CH3I/c1-11-10-13(14(15-11)12(2)17)4-3-5-16-6-8-18-9-7-16;1-6-8(3-4-10(13)14)7(2)11-9(6)5-12;1-2/h10,15H,3-9H2,1-2H3;5,11H,3-4H2,1-2H3,(H,13,14);1H3. The molecule has 0 radical (unpaired) electrons. The number of morpholine rings is 1. The number of nitrogens with zero attached hydrogens (tertiary/aromatic N) is 1. The van der Waals surface area contributed by atoms with Gasteiger partial charge in [0.1, 0.15) is 0 Å². The number of ketones is 1. The second kappa shape index (κ2) is 15.8. The first-order valence-electron chi connectivity index (χ1n) is 11.4. The van der Waals surface area contributed by atoms with Crippen LogP contribution in [0.3, 0.4) is 0 Å². The molecule has 0 atom stereocenters. The molecule has 34 heavy (non-hydrogen) atoms. The number of H-pyrrole nitrogens is 2. The largest absolute Gasteiger partial charge is 0.481 e. The molecule has 0 aliphatic carbocycles. The van der Waals surface area contributed by atoms with E-state index < -0.39 is 5.97 Å². The summed E-state index contributed by atoms with van der Waals surface area (Å²) in [5.41, 5.74) is 6.24. The summed E-state index contributed by atoms with van der Waals surface area (Å²) in [6, 6.07) is 2.09. The van der Waals surface area contributed by atoms with Gasteiger partial charge in [0.2, 0.25) is 0 Å². The lowest BCUT2D eigenvalue weighted by Gasteiger charge is -2.26. The highest BCUT2D eigenvalue weighted by Gasteiger charge is 2.13. The third kappa shape index (κ3) is 9.71. The van der Waals surface area contributed by atoms with Gasteiger partial charge in [-0.2, -0.15) is 0 Å². The molecule has 3 heterocycles. The molecule has 0 unspecified atom stereocenters. The molecule has 3 N–H and O–H groups in total. The Hall–Kier alpha value is -1.98. The first-order valence-corrected chi connectivity index (χ1v) is 13.6. The third-order valence-electron chi connectivity index (χ3n) is 5.75. The summed E-state index contributed by atoms with van der Waals surface area (Å²) in [5, 5.41) is 8.54. The van der Waals surface area contributed by atoms with Gasteiger partial charge in [-0.1, -0.05) is 22.6 Å². The summed E-state index contributed by atoms with van der Waals surface area (Å²) in [7, 11) is 0. The first kappa shape index (κ1) is 30.1. The van der Waals surface area contributed by atoms with E-state index in [1.807, 2.05) is 25.7 Å². The van der Waals surface area contributed by atoms with Gasteiger partial charge in [-0.25, -0.2) is 0 Å². The van der Waals surface area contributed by atoms with Crippen LogP contribution in [-0.4, -0.2) is 75.8 Å². The summed E-state index contributed by atoms with van der Waals surface area (Å²) in [6.07, 6.45) is 3.38. The second-order valence-electron chi connectivity index (χ2n) is 8.25. The molecule has 9 heteroatoms. The quantitative estimate of drug-likeness (QED) is 0.175. The average Bonchev–Trinajstić information content (AvgIpc) is 3.33. The lowest BCUT2D eigenvalue weighted by molar-refractivity contribution is -0.136. The minimum Gasteiger partial charge on any atom is -0.481 e. The van der Waals surface area contributed by atoms with Crippen molar-refractivity contribution in [1.82, 2.24) is 14.9 Å². The molecule has 0 bridgehead atoms. The van der Waals surface area contributed by atoms with Gasteiger partial charge in [0, 0.05) is 37.8 Å². The highest BCUT2D eigenvalue weighted by molar-refractivity contribution is 14.1. The Bertz CT molecular complexity index is 929. The molecule has 0 amide bonds. The van der Waals surface area contributed by atoms with Crippen molar-refractivity contribution in [2.45, 2.75) is 53.4 Å². The van der Waals surface area contributed by atoms with Gasteiger partial charge >= 0.3 is 5.97 Å². The van der Waals surface area contributed by atoms with Crippen molar-refractivity contribution in [3.8, 4) is 0 Å². The molecule has 0 aromatic carbocycles. The highest BCUT2D eigenvalue weighted by Crippen LogP contribution is 2.18. The number of carboxylic acids is 1. The highest BCUT2D eigenvalue weighted by atomic mass is 127. The van der Waals surface area contributed by atoms with Gasteiger partial charge in [-0.15, -0.1) is 0 Å². The van der Waals surface area contributed by atoms with E-state index in [9.17, 15) is 14.4 Å². The number of alkyl halides is 1. The Morgan fingerprint density at radius 3 is 2.32 bits per heavy atom. The number of hydrogen-bond donors (Lipinski definition) is 3. The number of hydrogen-bond acceptors (Lipinski definition) is 5. The molecule has 2 aromatic heterocycles. The van der Waals surface area contributed by atoms with E-state index in [1.165, 1.54) is 0 Å². The Morgan fingerprint density at radius 2 is 1.79 bits per heavy atom. The zero-order valence-corrected chi connectivity index (χ0v) is 23.1. The van der Waals surface area contributed by atoms with E-state index in [-0.39, 0.29) is 12.2 Å². The summed E-state index contributed by atoms with van der Waals surface area (Å²) < 4.78 is 5.33. The van der Waals surface area contributed by atoms with Crippen molar-refractivity contribution in [3.05, 3.63) is 45.5 Å². The lowest BCUT2D eigenvalue weighted by atomic mass is 10.1. The Morgan fingerprint density at radius 1 is 1.15 bits per heavy atom. The topological polar surface area (TPSA) is 115 Å². The molecule has 190 valence electrons. The molecule has 1 saturated heterocycles. The van der Waals surface area contributed by atoms with Crippen LogP contribution in [0.2, 0.25) is 0 Å². The number of ether oxygens (including phenoxy) is 1. The number of aryl methyl sites for hydroxylation is 3. The molecule has 0 saturated carbocycles. The number of aromatic amines is 2. The van der Waals surface area contributed by atoms with Gasteiger partial charge in [0.05, 0.1) is 24.6 Å². The second-order valence-corrected chi connectivity index (χ2v) is 8.25. The molecule has 3 rings (SSSR count). The van der Waals surface area contributed by atoms with Crippen molar-refractivity contribution in [1.29, 1.82) is 0 Å². The van der Waals surface area contributed by atoms with Crippen LogP contribution in [0.25, 0.3) is 0 Å². The van der Waals surface area contributed by atoms with Crippen molar-refractivity contribution in [3.63, 3.8) is 0 Å². The zero-order chi connectivity index (χ0) is 25.7. The Balaban J connectivity index is 0.000000326. The Kier molecular flexibility index (Phi) is 14.0. The fourth-order valence-electron chi connectivity index (χ4n) is 4.02. The minimum atomic E-state index is -0.822. The van der Waals surface area contributed by atoms with Gasteiger partial charge in [-0.3, -0.25) is 19.3 Å². The number of aromatic nitrogens is 2. The first-order chi connectivity index (χ1) is 16.2. The molecule has 1 aliphatic rings. The number of carbonyl (C=O) groups excluding carboxylic acids is 2. The number of Topliss-reactive ketones (excluding diaryl/α,β-unsaturated/α-hetero) is 1. The van der Waals surface area contributed by atoms with Crippen LogP contribution >= 0.6 is 22.6 Å². The van der Waals surface area contributed by atoms with Crippen LogP contribution in [0.4, 0.5) is 0 Å². The molecule has 2 aromatic rings. The minimum absolute atomic E-state index is 0.0951. The summed E-state index contributed by atoms with van der Waals surface area (Å²) in [6.45, 7) is 12.1. The van der Waals surface area contributed by atoms with E-state index in [2.05, 4.69) is 43.5 Å². The summed E-state index contributed by atoms with van der Waals surface area (Å²) in [5.74, 6) is -0.692. The average molecular weight is 587 g/mol. The molecule has 1 fully saturated rings. The van der Waals surface area contributed by atoms with Crippen molar-refractivity contribution < 1.29 is 24.2 Å². The number of carbonyl (C=O) groups is 3. The van der Waals surface area contributed by atoms with E-state index in [0.717, 1.165) is 85.7 Å². The van der Waals surface area contributed by atoms with Crippen LogP contribution in [0.1, 0.15) is 68.8 Å². The van der Waals surface area contributed by atoms with E-state index in [4.69, 9.17) is 9.84 Å². The van der Waals surface area contributed by atoms with Gasteiger partial charge in [-0.05, 0) is 74.3 Å². The number of carboxylic acid groups (broad SMARTS) is 1. The van der Waals surface area contributed by atoms with E-state index >= 15 is 0 Å². The normalized spacial score (nSPS) is 13.4. The summed E-state index contributed by atoms with van der Waals surface area (Å²) in [4.78, 5) is 42.9. The van der Waals surface area contributed by atoms with Crippen molar-refractivity contribution >= 4 is 40.6 Å². The summed E-state index contributed by atoms with van der Waals surface area (Å²) >= 11 is 2.15. The van der Waals surface area contributed by atoms with Crippen molar-refractivity contribution in [2.75, 3.05) is 37.8 Å². The number of aliphatic carboxylic acids is 1. The number of nitrogens with one attached hydrogen (secondary N) is 2. The predicted molar refractivity (Wildman–Crippen MR) is 143 cm³/mol. The van der Waals surface area contributed by atoms with E-state index in [0.29, 0.717) is 12.1 Å². The predicted octanol–water partition coefficient (Wildman–Crippen LogP) is 4.30. The van der Waals surface area contributed by atoms with E-state index in [1.54, 1.807) is 6.92 Å². The van der Waals surface area contributed by atoms with Gasteiger partial charge in [0.15, 0.2) is 12.1 Å².